The minimum atomic E-state index is 0. The molecule has 0 saturated heterocycles. The summed E-state index contributed by atoms with van der Waals surface area (Å²) in [5.74, 6) is 0. The van der Waals surface area contributed by atoms with Crippen molar-refractivity contribution in [2.24, 2.45) is 9.98 Å². The van der Waals surface area contributed by atoms with E-state index in [0.717, 1.165) is 43.6 Å². The number of hydrogen-bond acceptors (Lipinski definition) is 8. The zero-order chi connectivity index (χ0) is 27.0. The van der Waals surface area contributed by atoms with Gasteiger partial charge in [0.1, 0.15) is 0 Å². The predicted octanol–water partition coefficient (Wildman–Crippen LogP) is 5.99. The van der Waals surface area contributed by atoms with E-state index in [1.165, 1.54) is 24.4 Å². The average Bonchev–Trinajstić information content (AvgIpc) is 2.99. The zero-order valence-electron chi connectivity index (χ0n) is 20.4. The van der Waals surface area contributed by atoms with E-state index in [1.807, 2.05) is 24.3 Å². The third-order valence-corrected chi connectivity index (χ3v) is 4.89. The number of hydrogen-bond donors (Lipinski definition) is 0. The summed E-state index contributed by atoms with van der Waals surface area (Å²) in [7, 11) is 0. The first kappa shape index (κ1) is 29.7. The summed E-state index contributed by atoms with van der Waals surface area (Å²) in [6.45, 7) is 0. The Morgan fingerprint density at radius 1 is 0.487 bits per heavy atom. The van der Waals surface area contributed by atoms with Gasteiger partial charge < -0.3 is 20.8 Å². The van der Waals surface area contributed by atoms with Crippen LogP contribution in [-0.4, -0.2) is 32.0 Å². The van der Waals surface area contributed by atoms with Crippen LogP contribution in [0.1, 0.15) is 0 Å². The number of nitriles is 2. The van der Waals surface area contributed by atoms with E-state index in [-0.39, 0.29) is 19.5 Å². The fourth-order valence-corrected chi connectivity index (χ4v) is 3.40. The molecule has 0 spiro atoms. The van der Waals surface area contributed by atoms with Gasteiger partial charge in [-0.25, -0.2) is 0 Å². The second kappa shape index (κ2) is 16.2. The standard InChI is InChI=1S/2C12H8N2.2C2N3.Zn/c2*1-3-9-5-6-10-4-2-8-14-12(10)11(9)13-7-1;2*3-1-5-2-4;/h2*1-8H;;;/q;;2*-1;+2. The molecular weight excluding hydrogens is 542 g/mol. The van der Waals surface area contributed by atoms with Gasteiger partial charge in [-0.15, -0.1) is 12.0 Å². The Bertz CT molecular complexity index is 1630. The first-order valence-corrected chi connectivity index (χ1v) is 10.9. The molecule has 0 aliphatic heterocycles. The Balaban J connectivity index is 0.000000202. The van der Waals surface area contributed by atoms with Crippen molar-refractivity contribution in [1.82, 2.24) is 19.9 Å². The van der Waals surface area contributed by atoms with Crippen molar-refractivity contribution in [3.8, 4) is 12.4 Å². The quantitative estimate of drug-likeness (QED) is 0.0961. The maximum Gasteiger partial charge on any atom is 2.00 e. The molecule has 6 rings (SSSR count). The first-order valence-electron chi connectivity index (χ1n) is 10.9. The summed E-state index contributed by atoms with van der Waals surface area (Å²) in [6.07, 6.45) is 9.77. The molecule has 6 aromatic rings. The van der Waals surface area contributed by atoms with E-state index in [2.05, 4.69) is 78.5 Å². The van der Waals surface area contributed by atoms with Crippen LogP contribution in [0.25, 0.3) is 54.4 Å². The SMILES string of the molecule is N#CN=C=[N-].N#CN=C=[N-].[Zn+2].c1cnc2c(c1)ccc1cccnc12.c1cnc2c(c1)ccc1cccnc12. The number of nitrogens with zero attached hydrogens (tertiary/aromatic N) is 10. The van der Waals surface area contributed by atoms with Crippen molar-refractivity contribution in [2.75, 3.05) is 0 Å². The van der Waals surface area contributed by atoms with Crippen molar-refractivity contribution < 1.29 is 19.5 Å². The maximum absolute atomic E-state index is 7.43. The molecule has 11 heteroatoms. The molecule has 0 amide bonds. The molecule has 2 aromatic carbocycles. The minimum absolute atomic E-state index is 0. The molecule has 0 radical (unpaired) electrons. The second-order valence-electron chi connectivity index (χ2n) is 7.06. The van der Waals surface area contributed by atoms with Crippen LogP contribution >= 0.6 is 0 Å². The van der Waals surface area contributed by atoms with Crippen LogP contribution in [0.3, 0.4) is 0 Å². The third kappa shape index (κ3) is 8.23. The Kier molecular flexibility index (Phi) is 12.4. The van der Waals surface area contributed by atoms with Crippen LogP contribution in [0.2, 0.25) is 0 Å². The largest absolute Gasteiger partial charge is 2.00 e. The van der Waals surface area contributed by atoms with Crippen molar-refractivity contribution in [2.45, 2.75) is 0 Å². The number of pyridine rings is 4. The maximum atomic E-state index is 7.43. The topological polar surface area (TPSA) is 168 Å². The second-order valence-corrected chi connectivity index (χ2v) is 7.06. The Hall–Kier alpha value is -5.56. The molecule has 0 fully saturated rings. The van der Waals surface area contributed by atoms with Gasteiger partial charge in [-0.05, 0) is 24.3 Å². The van der Waals surface area contributed by atoms with Gasteiger partial charge in [0.15, 0.2) is 0 Å². The van der Waals surface area contributed by atoms with E-state index < -0.39 is 0 Å². The molecule has 10 nitrogen and oxygen atoms in total. The molecular formula is C28H16N10Zn. The Morgan fingerprint density at radius 3 is 0.923 bits per heavy atom. The molecule has 39 heavy (non-hydrogen) atoms. The van der Waals surface area contributed by atoms with Gasteiger partial charge in [-0.2, -0.15) is 10.5 Å². The van der Waals surface area contributed by atoms with Crippen molar-refractivity contribution >= 4 is 55.6 Å². The van der Waals surface area contributed by atoms with E-state index in [9.17, 15) is 0 Å². The van der Waals surface area contributed by atoms with Crippen molar-refractivity contribution in [3.05, 3.63) is 108 Å². The van der Waals surface area contributed by atoms with Gasteiger partial charge in [0.05, 0.1) is 34.5 Å². The van der Waals surface area contributed by atoms with Crippen LogP contribution in [0, 0.1) is 22.9 Å². The summed E-state index contributed by atoms with van der Waals surface area (Å²) in [5.41, 5.74) is 3.91. The van der Waals surface area contributed by atoms with Crippen LogP contribution in [0.15, 0.2) is 108 Å². The van der Waals surface area contributed by atoms with Crippen LogP contribution < -0.4 is 0 Å². The van der Waals surface area contributed by atoms with E-state index in [4.69, 9.17) is 21.3 Å². The molecule has 4 heterocycles. The van der Waals surface area contributed by atoms with Crippen LogP contribution in [-0.2, 0) is 19.5 Å². The molecule has 4 aromatic heterocycles. The number of aromatic nitrogens is 4. The average molecular weight is 558 g/mol. The normalized spacial score (nSPS) is 8.77. The summed E-state index contributed by atoms with van der Waals surface area (Å²) < 4.78 is 0. The summed E-state index contributed by atoms with van der Waals surface area (Å²) in [4.78, 5) is 22.6. The fraction of sp³-hybridized carbons (Fsp3) is 0. The first-order chi connectivity index (χ1) is 18.7. The van der Waals surface area contributed by atoms with E-state index >= 15 is 0 Å². The molecule has 0 bridgehead atoms. The summed E-state index contributed by atoms with van der Waals surface area (Å²) in [6, 6.07) is 26.8. The Morgan fingerprint density at radius 2 is 0.744 bits per heavy atom. The number of aliphatic imine (C=N–C) groups is 2. The summed E-state index contributed by atoms with van der Waals surface area (Å²) >= 11 is 0. The van der Waals surface area contributed by atoms with Crippen molar-refractivity contribution in [1.29, 1.82) is 10.5 Å². The van der Waals surface area contributed by atoms with E-state index in [0.29, 0.717) is 0 Å². The molecule has 0 saturated carbocycles. The van der Waals surface area contributed by atoms with Gasteiger partial charge in [0.2, 0.25) is 0 Å². The molecule has 0 aliphatic rings. The molecule has 180 valence electrons. The number of fused-ring (bicyclic) bond motifs is 6. The molecule has 0 atom stereocenters. The van der Waals surface area contributed by atoms with Gasteiger partial charge >= 0.3 is 19.5 Å². The summed E-state index contributed by atoms with van der Waals surface area (Å²) in [5, 5.41) is 34.3. The fourth-order valence-electron chi connectivity index (χ4n) is 3.40. The van der Waals surface area contributed by atoms with Gasteiger partial charge in [-0.3, -0.25) is 19.9 Å². The number of rotatable bonds is 0. The van der Waals surface area contributed by atoms with E-state index in [1.54, 1.807) is 24.8 Å². The van der Waals surface area contributed by atoms with Gasteiger partial charge in [-0.1, -0.05) is 48.5 Å². The van der Waals surface area contributed by atoms with Crippen molar-refractivity contribution in [3.63, 3.8) is 0 Å². The van der Waals surface area contributed by atoms with Crippen LogP contribution in [0.5, 0.6) is 0 Å². The predicted molar refractivity (Wildman–Crippen MR) is 147 cm³/mol. The molecule has 0 N–H and O–H groups in total. The molecule has 0 aliphatic carbocycles. The zero-order valence-corrected chi connectivity index (χ0v) is 23.4. The van der Waals surface area contributed by atoms with Gasteiger partial charge in [0.25, 0.3) is 0 Å². The van der Waals surface area contributed by atoms with Gasteiger partial charge in [0, 0.05) is 46.3 Å². The minimum Gasteiger partial charge on any atom is -0.422 e. The number of benzene rings is 2. The smallest absolute Gasteiger partial charge is 0.422 e. The molecule has 0 unspecified atom stereocenters. The third-order valence-electron chi connectivity index (χ3n) is 4.89. The van der Waals surface area contributed by atoms with Crippen LogP contribution in [0.4, 0.5) is 0 Å². The Labute approximate surface area is 235 Å². The monoisotopic (exact) mass is 556 g/mol.